The minimum absolute atomic E-state index is 0.0367. The molecule has 1 aliphatic rings. The zero-order valence-electron chi connectivity index (χ0n) is 14.8. The summed E-state index contributed by atoms with van der Waals surface area (Å²) < 4.78 is 13.6. The third-order valence-electron chi connectivity index (χ3n) is 4.78. The molecule has 0 aliphatic carbocycles. The second-order valence-electron chi connectivity index (χ2n) is 6.57. The molecule has 27 heavy (non-hydrogen) atoms. The summed E-state index contributed by atoms with van der Waals surface area (Å²) in [5.41, 5.74) is 1.09. The number of benzene rings is 1. The van der Waals surface area contributed by atoms with Gasteiger partial charge in [0.25, 0.3) is 5.91 Å². The summed E-state index contributed by atoms with van der Waals surface area (Å²) in [6.07, 6.45) is 3.18. The van der Waals surface area contributed by atoms with Crippen LogP contribution < -0.4 is 5.32 Å². The molecule has 1 N–H and O–H groups in total. The van der Waals surface area contributed by atoms with Crippen LogP contribution in [-0.2, 0) is 11.2 Å². The molecule has 2 amide bonds. The van der Waals surface area contributed by atoms with Crippen LogP contribution in [0.25, 0.3) is 0 Å². The summed E-state index contributed by atoms with van der Waals surface area (Å²) in [5.74, 6) is -0.520. The fourth-order valence-corrected chi connectivity index (χ4v) is 3.40. The third-order valence-corrected chi connectivity index (χ3v) is 4.98. The Balaban J connectivity index is 1.45. The summed E-state index contributed by atoms with van der Waals surface area (Å²) in [6.45, 7) is 1.43. The zero-order valence-corrected chi connectivity index (χ0v) is 15.6. The predicted octanol–water partition coefficient (Wildman–Crippen LogP) is 3.09. The zero-order chi connectivity index (χ0) is 19.2. The SMILES string of the molecule is O=C(NCCc1ccccc1F)C1CCN(C(=O)c2ccnc(Cl)c2)CC1. The van der Waals surface area contributed by atoms with Crippen LogP contribution in [0.1, 0.15) is 28.8 Å². The number of carbonyl (C=O) groups excluding carboxylic acids is 2. The van der Waals surface area contributed by atoms with Crippen molar-refractivity contribution in [2.45, 2.75) is 19.3 Å². The van der Waals surface area contributed by atoms with Crippen LogP contribution in [0, 0.1) is 11.7 Å². The molecule has 1 aromatic carbocycles. The Morgan fingerprint density at radius 1 is 1.22 bits per heavy atom. The third kappa shape index (κ3) is 5.04. The maximum atomic E-state index is 13.6. The number of rotatable bonds is 5. The van der Waals surface area contributed by atoms with E-state index >= 15 is 0 Å². The second-order valence-corrected chi connectivity index (χ2v) is 6.95. The number of hydrogen-bond acceptors (Lipinski definition) is 3. The van der Waals surface area contributed by atoms with Gasteiger partial charge in [0.15, 0.2) is 0 Å². The highest BCUT2D eigenvalue weighted by Gasteiger charge is 2.27. The molecule has 1 aromatic heterocycles. The number of pyridine rings is 1. The summed E-state index contributed by atoms with van der Waals surface area (Å²) in [7, 11) is 0. The van der Waals surface area contributed by atoms with Crippen LogP contribution in [0.5, 0.6) is 0 Å². The van der Waals surface area contributed by atoms with E-state index in [1.165, 1.54) is 12.3 Å². The van der Waals surface area contributed by atoms with Gasteiger partial charge in [-0.2, -0.15) is 0 Å². The number of carbonyl (C=O) groups is 2. The Labute approximate surface area is 162 Å². The molecule has 0 radical (unpaired) electrons. The van der Waals surface area contributed by atoms with E-state index in [9.17, 15) is 14.0 Å². The van der Waals surface area contributed by atoms with Crippen molar-refractivity contribution in [3.05, 3.63) is 64.7 Å². The van der Waals surface area contributed by atoms with Crippen LogP contribution in [0.4, 0.5) is 4.39 Å². The van der Waals surface area contributed by atoms with Crippen molar-refractivity contribution < 1.29 is 14.0 Å². The van der Waals surface area contributed by atoms with E-state index in [0.29, 0.717) is 50.0 Å². The van der Waals surface area contributed by atoms with Gasteiger partial charge < -0.3 is 10.2 Å². The number of amides is 2. The molecular formula is C20H21ClFN3O2. The summed E-state index contributed by atoms with van der Waals surface area (Å²) in [5, 5.41) is 3.16. The molecule has 142 valence electrons. The van der Waals surface area contributed by atoms with Gasteiger partial charge in [0.1, 0.15) is 11.0 Å². The van der Waals surface area contributed by atoms with Gasteiger partial charge in [-0.05, 0) is 43.0 Å². The smallest absolute Gasteiger partial charge is 0.254 e. The number of hydrogen-bond donors (Lipinski definition) is 1. The largest absolute Gasteiger partial charge is 0.356 e. The Hall–Kier alpha value is -2.47. The summed E-state index contributed by atoms with van der Waals surface area (Å²) in [4.78, 5) is 30.4. The first-order valence-electron chi connectivity index (χ1n) is 8.96. The van der Waals surface area contributed by atoms with E-state index in [4.69, 9.17) is 11.6 Å². The lowest BCUT2D eigenvalue weighted by atomic mass is 9.95. The van der Waals surface area contributed by atoms with Gasteiger partial charge >= 0.3 is 0 Å². The molecule has 5 nitrogen and oxygen atoms in total. The average Bonchev–Trinajstić information content (AvgIpc) is 2.69. The van der Waals surface area contributed by atoms with Gasteiger partial charge in [0.05, 0.1) is 0 Å². The number of piperidine rings is 1. The lowest BCUT2D eigenvalue weighted by Crippen LogP contribution is -2.43. The van der Waals surface area contributed by atoms with E-state index in [0.717, 1.165) is 0 Å². The van der Waals surface area contributed by atoms with E-state index in [1.807, 2.05) is 0 Å². The fraction of sp³-hybridized carbons (Fsp3) is 0.350. The molecule has 7 heteroatoms. The molecule has 0 spiro atoms. The monoisotopic (exact) mass is 389 g/mol. The van der Waals surface area contributed by atoms with Crippen molar-refractivity contribution >= 4 is 23.4 Å². The van der Waals surface area contributed by atoms with Crippen LogP contribution in [0.15, 0.2) is 42.6 Å². The second kappa shape index (κ2) is 8.95. The van der Waals surface area contributed by atoms with Gasteiger partial charge in [-0.1, -0.05) is 29.8 Å². The van der Waals surface area contributed by atoms with Crippen LogP contribution in [0.3, 0.4) is 0 Å². The normalized spacial score (nSPS) is 14.8. The molecule has 0 bridgehead atoms. The number of likely N-dealkylation sites (tertiary alicyclic amines) is 1. The molecule has 1 fully saturated rings. The molecular weight excluding hydrogens is 369 g/mol. The Morgan fingerprint density at radius 2 is 1.96 bits per heavy atom. The van der Waals surface area contributed by atoms with Gasteiger partial charge in [0.2, 0.25) is 5.91 Å². The highest BCUT2D eigenvalue weighted by atomic mass is 35.5. The standard InChI is InChI=1S/C20H21ClFN3O2/c21-18-13-16(6-9-23-18)20(27)25-11-7-15(8-12-25)19(26)24-10-5-14-3-1-2-4-17(14)22/h1-4,6,9,13,15H,5,7-8,10-12H2,(H,24,26). The molecule has 0 unspecified atom stereocenters. The predicted molar refractivity (Wildman–Crippen MR) is 101 cm³/mol. The highest BCUT2D eigenvalue weighted by molar-refractivity contribution is 6.29. The Kier molecular flexibility index (Phi) is 6.40. The van der Waals surface area contributed by atoms with Gasteiger partial charge in [-0.3, -0.25) is 9.59 Å². The van der Waals surface area contributed by atoms with E-state index in [-0.39, 0.29) is 28.7 Å². The van der Waals surface area contributed by atoms with Gasteiger partial charge in [-0.25, -0.2) is 9.37 Å². The first kappa shape index (κ1) is 19.3. The van der Waals surface area contributed by atoms with Crippen molar-refractivity contribution in [1.82, 2.24) is 15.2 Å². The maximum absolute atomic E-state index is 13.6. The lowest BCUT2D eigenvalue weighted by Gasteiger charge is -2.31. The summed E-state index contributed by atoms with van der Waals surface area (Å²) in [6, 6.07) is 9.74. The highest BCUT2D eigenvalue weighted by Crippen LogP contribution is 2.20. The van der Waals surface area contributed by atoms with Crippen molar-refractivity contribution in [2.75, 3.05) is 19.6 Å². The first-order valence-corrected chi connectivity index (χ1v) is 9.34. The van der Waals surface area contributed by atoms with E-state index < -0.39 is 0 Å². The van der Waals surface area contributed by atoms with Crippen molar-refractivity contribution in [1.29, 1.82) is 0 Å². The minimum Gasteiger partial charge on any atom is -0.356 e. The molecule has 1 aliphatic heterocycles. The lowest BCUT2D eigenvalue weighted by molar-refractivity contribution is -0.126. The van der Waals surface area contributed by atoms with Crippen molar-refractivity contribution in [3.8, 4) is 0 Å². The molecule has 0 atom stereocenters. The van der Waals surface area contributed by atoms with Crippen LogP contribution in [-0.4, -0.2) is 41.3 Å². The Bertz CT molecular complexity index is 822. The van der Waals surface area contributed by atoms with Crippen LogP contribution >= 0.6 is 11.6 Å². The molecule has 2 aromatic rings. The number of aromatic nitrogens is 1. The maximum Gasteiger partial charge on any atom is 0.254 e. The molecule has 3 rings (SSSR count). The molecule has 2 heterocycles. The number of halogens is 2. The number of nitrogens with zero attached hydrogens (tertiary/aromatic N) is 2. The minimum atomic E-state index is -0.255. The summed E-state index contributed by atoms with van der Waals surface area (Å²) >= 11 is 5.84. The average molecular weight is 390 g/mol. The molecule has 1 saturated heterocycles. The van der Waals surface area contributed by atoms with E-state index in [2.05, 4.69) is 10.3 Å². The van der Waals surface area contributed by atoms with Crippen LogP contribution in [0.2, 0.25) is 5.15 Å². The van der Waals surface area contributed by atoms with Gasteiger partial charge in [-0.15, -0.1) is 0 Å². The quantitative estimate of drug-likeness (QED) is 0.799. The van der Waals surface area contributed by atoms with Crippen molar-refractivity contribution in [3.63, 3.8) is 0 Å². The fourth-order valence-electron chi connectivity index (χ4n) is 3.23. The van der Waals surface area contributed by atoms with Gasteiger partial charge in [0, 0.05) is 37.3 Å². The molecule has 0 saturated carbocycles. The Morgan fingerprint density at radius 3 is 2.67 bits per heavy atom. The number of nitrogens with one attached hydrogen (secondary N) is 1. The van der Waals surface area contributed by atoms with Crippen molar-refractivity contribution in [2.24, 2.45) is 5.92 Å². The topological polar surface area (TPSA) is 62.3 Å². The first-order chi connectivity index (χ1) is 13.0. The van der Waals surface area contributed by atoms with E-state index in [1.54, 1.807) is 35.2 Å².